The molecular formula is C20H15N3O3S. The Labute approximate surface area is 159 Å². The number of anilines is 1. The van der Waals surface area contributed by atoms with Gasteiger partial charge in [-0.1, -0.05) is 18.2 Å². The lowest BCUT2D eigenvalue weighted by Crippen LogP contribution is -2.10. The van der Waals surface area contributed by atoms with Crippen molar-refractivity contribution in [2.24, 2.45) is 0 Å². The highest BCUT2D eigenvalue weighted by Crippen LogP contribution is 2.28. The highest BCUT2D eigenvalue weighted by Gasteiger charge is 2.13. The molecule has 7 heteroatoms. The van der Waals surface area contributed by atoms with Gasteiger partial charge in [-0.3, -0.25) is 4.79 Å². The molecule has 0 aliphatic carbocycles. The van der Waals surface area contributed by atoms with Gasteiger partial charge in [-0.05, 0) is 41.8 Å². The Morgan fingerprint density at radius 1 is 1.11 bits per heavy atom. The van der Waals surface area contributed by atoms with E-state index in [1.807, 2.05) is 42.5 Å². The minimum atomic E-state index is -0.366. The van der Waals surface area contributed by atoms with Gasteiger partial charge >= 0.3 is 5.97 Å². The van der Waals surface area contributed by atoms with Gasteiger partial charge in [0.15, 0.2) is 0 Å². The molecule has 0 fully saturated rings. The van der Waals surface area contributed by atoms with Gasteiger partial charge in [-0.15, -0.1) is 11.3 Å². The summed E-state index contributed by atoms with van der Waals surface area (Å²) in [5.41, 5.74) is 1.99. The molecule has 134 valence electrons. The predicted octanol–water partition coefficient (Wildman–Crippen LogP) is 4.13. The van der Waals surface area contributed by atoms with Gasteiger partial charge in [0.1, 0.15) is 4.88 Å². The third kappa shape index (κ3) is 3.45. The summed E-state index contributed by atoms with van der Waals surface area (Å²) >= 11 is 1.35. The lowest BCUT2D eigenvalue weighted by molar-refractivity contribution is 0.0606. The zero-order chi connectivity index (χ0) is 18.8. The third-order valence-electron chi connectivity index (χ3n) is 4.03. The third-order valence-corrected chi connectivity index (χ3v) is 5.12. The van der Waals surface area contributed by atoms with E-state index in [9.17, 15) is 9.59 Å². The number of hydrogen-bond donors (Lipinski definition) is 1. The van der Waals surface area contributed by atoms with Crippen LogP contribution in [0.15, 0.2) is 67.0 Å². The Hall–Kier alpha value is -3.45. The molecule has 4 aromatic rings. The van der Waals surface area contributed by atoms with E-state index in [0.29, 0.717) is 16.1 Å². The summed E-state index contributed by atoms with van der Waals surface area (Å²) in [6.45, 7) is 0. The minimum absolute atomic E-state index is 0.250. The van der Waals surface area contributed by atoms with Gasteiger partial charge in [0.2, 0.25) is 0 Å². The van der Waals surface area contributed by atoms with Crippen LogP contribution < -0.4 is 5.32 Å². The number of amides is 1. The summed E-state index contributed by atoms with van der Waals surface area (Å²) in [5.74, 6) is -0.616. The van der Waals surface area contributed by atoms with E-state index in [4.69, 9.17) is 4.74 Å². The quantitative estimate of drug-likeness (QED) is 0.543. The van der Waals surface area contributed by atoms with Crippen molar-refractivity contribution < 1.29 is 14.3 Å². The first kappa shape index (κ1) is 17.0. The van der Waals surface area contributed by atoms with Crippen LogP contribution in [-0.4, -0.2) is 28.8 Å². The number of nitrogens with one attached hydrogen (secondary N) is 1. The zero-order valence-corrected chi connectivity index (χ0v) is 15.2. The van der Waals surface area contributed by atoms with Gasteiger partial charge in [-0.25, -0.2) is 9.48 Å². The number of ether oxygens (including phenoxy) is 1. The first-order valence-corrected chi connectivity index (χ1v) is 8.99. The molecule has 2 heterocycles. The van der Waals surface area contributed by atoms with E-state index < -0.39 is 0 Å². The maximum atomic E-state index is 12.5. The number of para-hydroxylation sites is 1. The fourth-order valence-corrected chi connectivity index (χ4v) is 3.65. The molecule has 2 aromatic heterocycles. The van der Waals surface area contributed by atoms with Gasteiger partial charge in [0.25, 0.3) is 5.91 Å². The lowest BCUT2D eigenvalue weighted by atomic mass is 10.2. The highest BCUT2D eigenvalue weighted by atomic mass is 32.1. The number of carbonyl (C=O) groups is 2. The topological polar surface area (TPSA) is 73.2 Å². The number of hydrogen-bond acceptors (Lipinski definition) is 5. The monoisotopic (exact) mass is 377 g/mol. The number of nitrogens with zero attached hydrogens (tertiary/aromatic N) is 2. The Balaban J connectivity index is 1.54. The molecule has 6 nitrogen and oxygen atoms in total. The van der Waals surface area contributed by atoms with Crippen molar-refractivity contribution in [3.63, 3.8) is 0 Å². The van der Waals surface area contributed by atoms with Crippen molar-refractivity contribution in [2.75, 3.05) is 12.4 Å². The number of rotatable bonds is 4. The molecule has 0 bridgehead atoms. The van der Waals surface area contributed by atoms with Crippen molar-refractivity contribution in [3.8, 4) is 5.69 Å². The van der Waals surface area contributed by atoms with E-state index in [1.165, 1.54) is 24.6 Å². The van der Waals surface area contributed by atoms with Crippen LogP contribution in [0, 0.1) is 0 Å². The second-order valence-corrected chi connectivity index (χ2v) is 6.90. The standard InChI is InChI=1S/C20H15N3O3S/c1-26-20(25)18-10-13-9-15(7-8-17(13)27-18)22-19(24)14-11-21-23(12-14)16-5-3-2-4-6-16/h2-12H,1H3,(H,22,24). The maximum absolute atomic E-state index is 12.5. The van der Waals surface area contributed by atoms with Crippen LogP contribution >= 0.6 is 11.3 Å². The zero-order valence-electron chi connectivity index (χ0n) is 14.4. The fraction of sp³-hybridized carbons (Fsp3) is 0.0500. The van der Waals surface area contributed by atoms with Crippen LogP contribution in [-0.2, 0) is 4.74 Å². The van der Waals surface area contributed by atoms with Crippen LogP contribution in [0.4, 0.5) is 5.69 Å². The van der Waals surface area contributed by atoms with Crippen molar-refractivity contribution in [1.29, 1.82) is 0 Å². The van der Waals surface area contributed by atoms with Crippen molar-refractivity contribution in [1.82, 2.24) is 9.78 Å². The Morgan fingerprint density at radius 2 is 1.93 bits per heavy atom. The van der Waals surface area contributed by atoms with Gasteiger partial charge < -0.3 is 10.1 Å². The molecule has 1 amide bonds. The molecule has 0 saturated heterocycles. The molecule has 27 heavy (non-hydrogen) atoms. The number of aromatic nitrogens is 2. The molecule has 0 aliphatic heterocycles. The smallest absolute Gasteiger partial charge is 0.348 e. The molecule has 1 N–H and O–H groups in total. The second kappa shape index (κ2) is 7.05. The van der Waals surface area contributed by atoms with Crippen LogP contribution in [0.1, 0.15) is 20.0 Å². The Bertz CT molecular complexity index is 1130. The first-order valence-electron chi connectivity index (χ1n) is 8.17. The molecule has 0 saturated carbocycles. The van der Waals surface area contributed by atoms with E-state index in [0.717, 1.165) is 15.8 Å². The molecule has 2 aromatic carbocycles. The maximum Gasteiger partial charge on any atom is 0.348 e. The minimum Gasteiger partial charge on any atom is -0.465 e. The summed E-state index contributed by atoms with van der Waals surface area (Å²) in [6, 6.07) is 16.8. The summed E-state index contributed by atoms with van der Waals surface area (Å²) < 4.78 is 7.35. The van der Waals surface area contributed by atoms with Crippen LogP contribution in [0.2, 0.25) is 0 Å². The van der Waals surface area contributed by atoms with Crippen LogP contribution in [0.5, 0.6) is 0 Å². The number of thiophene rings is 1. The molecule has 0 spiro atoms. The number of benzene rings is 2. The van der Waals surface area contributed by atoms with E-state index in [-0.39, 0.29) is 11.9 Å². The summed E-state index contributed by atoms with van der Waals surface area (Å²) in [7, 11) is 1.36. The number of methoxy groups -OCH3 is 1. The van der Waals surface area contributed by atoms with Crippen molar-refractivity contribution >= 4 is 39.0 Å². The van der Waals surface area contributed by atoms with Crippen LogP contribution in [0.3, 0.4) is 0 Å². The average molecular weight is 377 g/mol. The molecule has 0 aliphatic rings. The lowest BCUT2D eigenvalue weighted by Gasteiger charge is -2.03. The van der Waals surface area contributed by atoms with Crippen LogP contribution in [0.25, 0.3) is 15.8 Å². The SMILES string of the molecule is COC(=O)c1cc2cc(NC(=O)c3cnn(-c4ccccc4)c3)ccc2s1. The van der Waals surface area contributed by atoms with E-state index >= 15 is 0 Å². The molecule has 4 rings (SSSR count). The Kier molecular flexibility index (Phi) is 4.43. The molecule has 0 unspecified atom stereocenters. The molecular weight excluding hydrogens is 362 g/mol. The highest BCUT2D eigenvalue weighted by molar-refractivity contribution is 7.20. The average Bonchev–Trinajstić information content (AvgIpc) is 3.35. The van der Waals surface area contributed by atoms with E-state index in [2.05, 4.69) is 10.4 Å². The normalized spacial score (nSPS) is 10.7. The van der Waals surface area contributed by atoms with Crippen molar-refractivity contribution in [2.45, 2.75) is 0 Å². The fourth-order valence-electron chi connectivity index (χ4n) is 2.69. The summed E-state index contributed by atoms with van der Waals surface area (Å²) in [4.78, 5) is 24.7. The summed E-state index contributed by atoms with van der Waals surface area (Å²) in [6.07, 6.45) is 3.21. The second-order valence-electron chi connectivity index (χ2n) is 5.82. The van der Waals surface area contributed by atoms with E-state index in [1.54, 1.807) is 23.0 Å². The number of esters is 1. The summed E-state index contributed by atoms with van der Waals surface area (Å²) in [5, 5.41) is 7.97. The molecule has 0 atom stereocenters. The molecule has 0 radical (unpaired) electrons. The largest absolute Gasteiger partial charge is 0.465 e. The first-order chi connectivity index (χ1) is 13.1. The van der Waals surface area contributed by atoms with Gasteiger partial charge in [0, 0.05) is 16.6 Å². The van der Waals surface area contributed by atoms with Gasteiger partial charge in [-0.2, -0.15) is 5.10 Å². The predicted molar refractivity (Wildman–Crippen MR) is 105 cm³/mol. The number of carbonyl (C=O) groups excluding carboxylic acids is 2. The van der Waals surface area contributed by atoms with Gasteiger partial charge in [0.05, 0.1) is 24.6 Å². The Morgan fingerprint density at radius 3 is 2.70 bits per heavy atom. The van der Waals surface area contributed by atoms with Crippen molar-refractivity contribution in [3.05, 3.63) is 77.4 Å². The number of fused-ring (bicyclic) bond motifs is 1.